The fourth-order valence-electron chi connectivity index (χ4n) is 1.59. The molecule has 1 rings (SSSR count). The van der Waals surface area contributed by atoms with E-state index in [1.54, 1.807) is 25.1 Å². The third-order valence-electron chi connectivity index (χ3n) is 2.44. The van der Waals surface area contributed by atoms with Gasteiger partial charge in [-0.25, -0.2) is 4.79 Å². The first kappa shape index (κ1) is 15.4. The average Bonchev–Trinajstić information content (AvgIpc) is 2.39. The topological polar surface area (TPSA) is 47.6 Å². The molecule has 1 unspecified atom stereocenters. The van der Waals surface area contributed by atoms with E-state index in [4.69, 9.17) is 27.5 Å². The predicted octanol–water partition coefficient (Wildman–Crippen LogP) is 2.18. The van der Waals surface area contributed by atoms with Crippen molar-refractivity contribution in [2.45, 2.75) is 13.0 Å². The van der Waals surface area contributed by atoms with Crippen molar-refractivity contribution in [3.63, 3.8) is 0 Å². The SMILES string of the molecule is C#CCNC(C(=O)OCC)c1ccc(OC)c(Cl)c1. The van der Waals surface area contributed by atoms with Crippen LogP contribution in [-0.2, 0) is 9.53 Å². The molecule has 102 valence electrons. The number of carbonyl (C=O) groups is 1. The molecule has 0 heterocycles. The molecule has 0 saturated carbocycles. The van der Waals surface area contributed by atoms with Crippen molar-refractivity contribution in [1.29, 1.82) is 0 Å². The van der Waals surface area contributed by atoms with Crippen LogP contribution < -0.4 is 10.1 Å². The Morgan fingerprint density at radius 3 is 2.84 bits per heavy atom. The maximum Gasteiger partial charge on any atom is 0.327 e. The summed E-state index contributed by atoms with van der Waals surface area (Å²) in [7, 11) is 1.53. The molecule has 1 atom stereocenters. The molecule has 0 aliphatic rings. The number of nitrogens with one attached hydrogen (secondary N) is 1. The van der Waals surface area contributed by atoms with Gasteiger partial charge in [0, 0.05) is 0 Å². The van der Waals surface area contributed by atoms with Gasteiger partial charge in [-0.05, 0) is 24.6 Å². The first-order chi connectivity index (χ1) is 9.13. The normalized spacial score (nSPS) is 11.5. The van der Waals surface area contributed by atoms with Gasteiger partial charge in [0.2, 0.25) is 0 Å². The lowest BCUT2D eigenvalue weighted by atomic mass is 10.1. The number of esters is 1. The van der Waals surface area contributed by atoms with Crippen molar-refractivity contribution >= 4 is 17.6 Å². The van der Waals surface area contributed by atoms with Crippen LogP contribution in [0.15, 0.2) is 18.2 Å². The number of hydrogen-bond acceptors (Lipinski definition) is 4. The smallest absolute Gasteiger partial charge is 0.327 e. The minimum absolute atomic E-state index is 0.257. The van der Waals surface area contributed by atoms with Gasteiger partial charge in [-0.2, -0.15) is 0 Å². The molecule has 1 aromatic carbocycles. The van der Waals surface area contributed by atoms with Gasteiger partial charge in [0.05, 0.1) is 25.3 Å². The van der Waals surface area contributed by atoms with Crippen molar-refractivity contribution in [2.75, 3.05) is 20.3 Å². The molecule has 0 saturated heterocycles. The van der Waals surface area contributed by atoms with Crippen molar-refractivity contribution in [2.24, 2.45) is 0 Å². The minimum atomic E-state index is -0.639. The number of terminal acetylenes is 1. The number of halogens is 1. The first-order valence-electron chi connectivity index (χ1n) is 5.81. The quantitative estimate of drug-likeness (QED) is 0.641. The van der Waals surface area contributed by atoms with E-state index in [1.165, 1.54) is 7.11 Å². The van der Waals surface area contributed by atoms with Crippen molar-refractivity contribution in [3.8, 4) is 18.1 Å². The van der Waals surface area contributed by atoms with E-state index in [0.717, 1.165) is 0 Å². The molecule has 0 aromatic heterocycles. The number of methoxy groups -OCH3 is 1. The van der Waals surface area contributed by atoms with Crippen molar-refractivity contribution in [3.05, 3.63) is 28.8 Å². The van der Waals surface area contributed by atoms with Gasteiger partial charge < -0.3 is 9.47 Å². The molecule has 1 N–H and O–H groups in total. The maximum absolute atomic E-state index is 11.9. The highest BCUT2D eigenvalue weighted by molar-refractivity contribution is 6.32. The largest absolute Gasteiger partial charge is 0.495 e. The Hall–Kier alpha value is -1.70. The molecular weight excluding hydrogens is 266 g/mol. The van der Waals surface area contributed by atoms with Gasteiger partial charge in [-0.3, -0.25) is 5.32 Å². The Balaban J connectivity index is 3.00. The summed E-state index contributed by atoms with van der Waals surface area (Å²) >= 11 is 6.04. The van der Waals surface area contributed by atoms with E-state index in [0.29, 0.717) is 22.9 Å². The van der Waals surface area contributed by atoms with E-state index in [1.807, 2.05) is 0 Å². The Labute approximate surface area is 118 Å². The zero-order valence-electron chi connectivity index (χ0n) is 10.9. The van der Waals surface area contributed by atoms with Gasteiger partial charge in [-0.1, -0.05) is 23.6 Å². The summed E-state index contributed by atoms with van der Waals surface area (Å²) in [6.45, 7) is 2.31. The molecule has 0 radical (unpaired) electrons. The molecule has 5 heteroatoms. The average molecular weight is 282 g/mol. The predicted molar refractivity (Wildman–Crippen MR) is 74.2 cm³/mol. The molecule has 0 aliphatic heterocycles. The van der Waals surface area contributed by atoms with Crippen LogP contribution in [0.2, 0.25) is 5.02 Å². The van der Waals surface area contributed by atoms with Gasteiger partial charge in [0.1, 0.15) is 11.8 Å². The molecule has 0 amide bonds. The Morgan fingerprint density at radius 2 is 2.32 bits per heavy atom. The van der Waals surface area contributed by atoms with E-state index in [-0.39, 0.29) is 12.5 Å². The maximum atomic E-state index is 11.9. The lowest BCUT2D eigenvalue weighted by Crippen LogP contribution is -2.30. The lowest BCUT2D eigenvalue weighted by molar-refractivity contribution is -0.145. The van der Waals surface area contributed by atoms with Crippen LogP contribution in [0.25, 0.3) is 0 Å². The van der Waals surface area contributed by atoms with Crippen LogP contribution in [-0.4, -0.2) is 26.2 Å². The Kier molecular flexibility index (Phi) is 6.20. The summed E-state index contributed by atoms with van der Waals surface area (Å²) in [6.07, 6.45) is 5.19. The lowest BCUT2D eigenvalue weighted by Gasteiger charge is -2.17. The van der Waals surface area contributed by atoms with Gasteiger partial charge in [0.25, 0.3) is 0 Å². The van der Waals surface area contributed by atoms with E-state index >= 15 is 0 Å². The second-order valence-corrected chi connectivity index (χ2v) is 4.07. The Morgan fingerprint density at radius 1 is 1.58 bits per heavy atom. The molecule has 0 spiro atoms. The third kappa shape index (κ3) is 4.16. The van der Waals surface area contributed by atoms with Crippen LogP contribution in [0.3, 0.4) is 0 Å². The molecule has 0 bridgehead atoms. The zero-order chi connectivity index (χ0) is 14.3. The van der Waals surface area contributed by atoms with E-state index < -0.39 is 6.04 Å². The molecule has 0 fully saturated rings. The number of ether oxygens (including phenoxy) is 2. The van der Waals surface area contributed by atoms with E-state index in [2.05, 4.69) is 11.2 Å². The summed E-state index contributed by atoms with van der Waals surface area (Å²) in [5.74, 6) is 2.58. The van der Waals surface area contributed by atoms with Gasteiger partial charge >= 0.3 is 5.97 Å². The second kappa shape index (κ2) is 7.67. The highest BCUT2D eigenvalue weighted by Crippen LogP contribution is 2.28. The van der Waals surface area contributed by atoms with Gasteiger partial charge in [-0.15, -0.1) is 6.42 Å². The summed E-state index contributed by atoms with van der Waals surface area (Å²) < 4.78 is 10.1. The summed E-state index contributed by atoms with van der Waals surface area (Å²) in [5, 5.41) is 3.35. The molecule has 4 nitrogen and oxygen atoms in total. The van der Waals surface area contributed by atoms with Crippen molar-refractivity contribution < 1.29 is 14.3 Å². The molecule has 0 aliphatic carbocycles. The van der Waals surface area contributed by atoms with Crippen LogP contribution in [0, 0.1) is 12.3 Å². The summed E-state index contributed by atoms with van der Waals surface area (Å²) in [6, 6.07) is 4.46. The zero-order valence-corrected chi connectivity index (χ0v) is 11.7. The number of hydrogen-bond donors (Lipinski definition) is 1. The molecule has 1 aromatic rings. The second-order valence-electron chi connectivity index (χ2n) is 3.66. The number of benzene rings is 1. The molecule has 19 heavy (non-hydrogen) atoms. The fourth-order valence-corrected chi connectivity index (χ4v) is 1.85. The monoisotopic (exact) mass is 281 g/mol. The minimum Gasteiger partial charge on any atom is -0.495 e. The highest BCUT2D eigenvalue weighted by atomic mass is 35.5. The van der Waals surface area contributed by atoms with E-state index in [9.17, 15) is 4.79 Å². The van der Waals surface area contributed by atoms with Crippen LogP contribution in [0.4, 0.5) is 0 Å². The first-order valence-corrected chi connectivity index (χ1v) is 6.18. The number of carbonyl (C=O) groups excluding carboxylic acids is 1. The van der Waals surface area contributed by atoms with Gasteiger partial charge in [0.15, 0.2) is 0 Å². The fraction of sp³-hybridized carbons (Fsp3) is 0.357. The van der Waals surface area contributed by atoms with Crippen LogP contribution >= 0.6 is 11.6 Å². The highest BCUT2D eigenvalue weighted by Gasteiger charge is 2.21. The number of rotatable bonds is 6. The standard InChI is InChI=1S/C14H16ClNO3/c1-4-8-16-13(14(17)19-5-2)10-6-7-12(18-3)11(15)9-10/h1,6-7,9,13,16H,5,8H2,2-3H3. The van der Waals surface area contributed by atoms with Crippen LogP contribution in [0.5, 0.6) is 5.75 Å². The molecular formula is C14H16ClNO3. The third-order valence-corrected chi connectivity index (χ3v) is 2.74. The Bertz CT molecular complexity index is 482. The van der Waals surface area contributed by atoms with Crippen LogP contribution in [0.1, 0.15) is 18.5 Å². The van der Waals surface area contributed by atoms with Crippen molar-refractivity contribution in [1.82, 2.24) is 5.32 Å². The summed E-state index contributed by atoms with van der Waals surface area (Å²) in [5.41, 5.74) is 0.680. The summed E-state index contributed by atoms with van der Waals surface area (Å²) in [4.78, 5) is 11.9.